The predicted octanol–water partition coefficient (Wildman–Crippen LogP) is 3.66. The van der Waals surface area contributed by atoms with Gasteiger partial charge >= 0.3 is 0 Å². The molecule has 0 aliphatic carbocycles. The average molecular weight is 369 g/mol. The standard InChI is InChI=1S/C19H19N3O3S/c1-12-10-13(2)18-15(11-12)26-19(22-18)21-17(24)7-8-20-16(23)6-5-14-4-3-9-25-14/h3-6,9-11H,7-8H2,1-2H3,(H,20,23)(H,21,22,24)/b6-5+. The third-order valence-corrected chi connectivity index (χ3v) is 4.59. The van der Waals surface area contributed by atoms with Crippen molar-refractivity contribution >= 4 is 44.6 Å². The number of thiazole rings is 1. The number of aryl methyl sites for hydroxylation is 2. The van der Waals surface area contributed by atoms with Crippen molar-refractivity contribution in [2.24, 2.45) is 0 Å². The van der Waals surface area contributed by atoms with Crippen molar-refractivity contribution in [3.8, 4) is 0 Å². The van der Waals surface area contributed by atoms with E-state index in [1.54, 1.807) is 18.2 Å². The van der Waals surface area contributed by atoms with Gasteiger partial charge in [-0.3, -0.25) is 9.59 Å². The number of carbonyl (C=O) groups is 2. The van der Waals surface area contributed by atoms with E-state index < -0.39 is 0 Å². The van der Waals surface area contributed by atoms with Crippen LogP contribution in [0.4, 0.5) is 5.13 Å². The molecule has 0 saturated carbocycles. The molecule has 2 N–H and O–H groups in total. The number of carbonyl (C=O) groups excluding carboxylic acids is 2. The summed E-state index contributed by atoms with van der Waals surface area (Å²) in [6, 6.07) is 7.62. The van der Waals surface area contributed by atoms with E-state index in [1.165, 1.54) is 29.2 Å². The van der Waals surface area contributed by atoms with Crippen molar-refractivity contribution in [2.45, 2.75) is 20.3 Å². The number of fused-ring (bicyclic) bond motifs is 1. The molecule has 26 heavy (non-hydrogen) atoms. The molecule has 0 aliphatic rings. The summed E-state index contributed by atoms with van der Waals surface area (Å²) in [5.74, 6) is 0.133. The fourth-order valence-corrected chi connectivity index (χ4v) is 3.57. The van der Waals surface area contributed by atoms with E-state index in [4.69, 9.17) is 4.42 Å². The summed E-state index contributed by atoms with van der Waals surface area (Å²) in [4.78, 5) is 28.2. The van der Waals surface area contributed by atoms with E-state index in [1.807, 2.05) is 13.8 Å². The van der Waals surface area contributed by atoms with Gasteiger partial charge in [-0.25, -0.2) is 4.98 Å². The first-order valence-electron chi connectivity index (χ1n) is 8.18. The molecule has 0 bridgehead atoms. The van der Waals surface area contributed by atoms with Crippen LogP contribution >= 0.6 is 11.3 Å². The molecule has 0 fully saturated rings. The van der Waals surface area contributed by atoms with Crippen LogP contribution in [0.25, 0.3) is 16.3 Å². The molecule has 3 aromatic rings. The molecule has 3 rings (SSSR count). The summed E-state index contributed by atoms with van der Waals surface area (Å²) in [5, 5.41) is 6.02. The zero-order chi connectivity index (χ0) is 18.5. The summed E-state index contributed by atoms with van der Waals surface area (Å²) in [7, 11) is 0. The summed E-state index contributed by atoms with van der Waals surface area (Å²) < 4.78 is 6.15. The molecule has 134 valence electrons. The largest absolute Gasteiger partial charge is 0.465 e. The van der Waals surface area contributed by atoms with Gasteiger partial charge in [-0.15, -0.1) is 0 Å². The van der Waals surface area contributed by atoms with Crippen LogP contribution in [0.5, 0.6) is 0 Å². The van der Waals surface area contributed by atoms with E-state index in [9.17, 15) is 9.59 Å². The van der Waals surface area contributed by atoms with Gasteiger partial charge in [0.05, 0.1) is 16.5 Å². The van der Waals surface area contributed by atoms with E-state index >= 15 is 0 Å². The molecule has 2 aromatic heterocycles. The summed E-state index contributed by atoms with van der Waals surface area (Å²) in [5.41, 5.74) is 3.17. The molecule has 6 nitrogen and oxygen atoms in total. The Kier molecular flexibility index (Phi) is 5.48. The first-order chi connectivity index (χ1) is 12.5. The van der Waals surface area contributed by atoms with Crippen molar-refractivity contribution < 1.29 is 14.0 Å². The molecule has 0 unspecified atom stereocenters. The Hall–Kier alpha value is -2.93. The van der Waals surface area contributed by atoms with Crippen LogP contribution in [0.2, 0.25) is 0 Å². The van der Waals surface area contributed by atoms with Crippen LogP contribution < -0.4 is 10.6 Å². The molecular formula is C19H19N3O3S. The lowest BCUT2D eigenvalue weighted by molar-refractivity contribution is -0.117. The quantitative estimate of drug-likeness (QED) is 0.650. The molecule has 2 amide bonds. The maximum Gasteiger partial charge on any atom is 0.244 e. The maximum absolute atomic E-state index is 12.0. The average Bonchev–Trinajstić information content (AvgIpc) is 3.22. The smallest absolute Gasteiger partial charge is 0.244 e. The summed E-state index contributed by atoms with van der Waals surface area (Å²) >= 11 is 1.45. The van der Waals surface area contributed by atoms with Gasteiger partial charge in [0.15, 0.2) is 5.13 Å². The topological polar surface area (TPSA) is 84.2 Å². The second kappa shape index (κ2) is 7.97. The van der Waals surface area contributed by atoms with Gasteiger partial charge in [0.1, 0.15) is 5.76 Å². The normalized spacial score (nSPS) is 11.2. The third kappa shape index (κ3) is 4.58. The fourth-order valence-electron chi connectivity index (χ4n) is 2.51. The molecule has 0 radical (unpaired) electrons. The molecule has 2 heterocycles. The molecule has 0 atom stereocenters. The van der Waals surface area contributed by atoms with Crippen LogP contribution in [0.1, 0.15) is 23.3 Å². The lowest BCUT2D eigenvalue weighted by Gasteiger charge is -2.02. The molecular weight excluding hydrogens is 350 g/mol. The number of hydrogen-bond donors (Lipinski definition) is 2. The van der Waals surface area contributed by atoms with Gasteiger partial charge in [0.2, 0.25) is 11.8 Å². The Labute approximate surface area is 154 Å². The number of amides is 2. The van der Waals surface area contributed by atoms with Crippen molar-refractivity contribution in [1.82, 2.24) is 10.3 Å². The molecule has 0 saturated heterocycles. The lowest BCUT2D eigenvalue weighted by atomic mass is 10.1. The third-order valence-electron chi connectivity index (χ3n) is 3.67. The lowest BCUT2D eigenvalue weighted by Crippen LogP contribution is -2.26. The number of hydrogen-bond acceptors (Lipinski definition) is 5. The maximum atomic E-state index is 12.0. The van der Waals surface area contributed by atoms with Crippen LogP contribution in [-0.4, -0.2) is 23.3 Å². The van der Waals surface area contributed by atoms with Gasteiger partial charge in [0.25, 0.3) is 0 Å². The van der Waals surface area contributed by atoms with Gasteiger partial charge in [-0.1, -0.05) is 17.4 Å². The molecule has 0 aliphatic heterocycles. The van der Waals surface area contributed by atoms with Crippen molar-refractivity contribution in [3.63, 3.8) is 0 Å². The highest BCUT2D eigenvalue weighted by molar-refractivity contribution is 7.22. The van der Waals surface area contributed by atoms with E-state index in [2.05, 4.69) is 27.8 Å². The van der Waals surface area contributed by atoms with Gasteiger partial charge < -0.3 is 15.1 Å². The predicted molar refractivity (Wildman–Crippen MR) is 103 cm³/mol. The first-order valence-corrected chi connectivity index (χ1v) is 9.00. The highest BCUT2D eigenvalue weighted by Crippen LogP contribution is 2.29. The Morgan fingerprint density at radius 1 is 1.31 bits per heavy atom. The Morgan fingerprint density at radius 3 is 2.92 bits per heavy atom. The fraction of sp³-hybridized carbons (Fsp3) is 0.211. The highest BCUT2D eigenvalue weighted by Gasteiger charge is 2.10. The number of rotatable bonds is 6. The Morgan fingerprint density at radius 2 is 2.15 bits per heavy atom. The number of aromatic nitrogens is 1. The molecule has 7 heteroatoms. The second-order valence-electron chi connectivity index (χ2n) is 5.89. The summed E-state index contributed by atoms with van der Waals surface area (Å²) in [6.45, 7) is 4.29. The van der Waals surface area contributed by atoms with Crippen LogP contribution in [-0.2, 0) is 9.59 Å². The van der Waals surface area contributed by atoms with Gasteiger partial charge in [-0.2, -0.15) is 0 Å². The van der Waals surface area contributed by atoms with Gasteiger partial charge in [-0.05, 0) is 49.2 Å². The van der Waals surface area contributed by atoms with Crippen molar-refractivity contribution in [1.29, 1.82) is 0 Å². The minimum Gasteiger partial charge on any atom is -0.465 e. The zero-order valence-electron chi connectivity index (χ0n) is 14.5. The van der Waals surface area contributed by atoms with Crippen molar-refractivity contribution in [2.75, 3.05) is 11.9 Å². The van der Waals surface area contributed by atoms with Crippen molar-refractivity contribution in [3.05, 3.63) is 53.5 Å². The summed E-state index contributed by atoms with van der Waals surface area (Å²) in [6.07, 6.45) is 4.65. The number of nitrogens with one attached hydrogen (secondary N) is 2. The highest BCUT2D eigenvalue weighted by atomic mass is 32.1. The van der Waals surface area contributed by atoms with Crippen LogP contribution in [0, 0.1) is 13.8 Å². The van der Waals surface area contributed by atoms with E-state index in [0.717, 1.165) is 15.8 Å². The van der Waals surface area contributed by atoms with E-state index in [0.29, 0.717) is 10.9 Å². The Balaban J connectivity index is 1.48. The van der Waals surface area contributed by atoms with E-state index in [-0.39, 0.29) is 24.8 Å². The monoisotopic (exact) mass is 369 g/mol. The number of furan rings is 1. The second-order valence-corrected chi connectivity index (χ2v) is 6.92. The Bertz CT molecular complexity index is 958. The molecule has 0 spiro atoms. The van der Waals surface area contributed by atoms with Crippen LogP contribution in [0.15, 0.2) is 41.0 Å². The van der Waals surface area contributed by atoms with Gasteiger partial charge in [0, 0.05) is 19.0 Å². The number of benzene rings is 1. The minimum absolute atomic E-state index is 0.175. The molecule has 1 aromatic carbocycles. The zero-order valence-corrected chi connectivity index (χ0v) is 15.4. The van der Waals surface area contributed by atoms with Crippen LogP contribution in [0.3, 0.4) is 0 Å². The number of nitrogens with zero attached hydrogens (tertiary/aromatic N) is 1. The SMILES string of the molecule is Cc1cc(C)c2nc(NC(=O)CCNC(=O)/C=C/c3ccco3)sc2c1. The number of anilines is 1. The minimum atomic E-state index is -0.278. The first kappa shape index (κ1) is 17.9.